The van der Waals surface area contributed by atoms with Crippen LogP contribution in [0.5, 0.6) is 0 Å². The van der Waals surface area contributed by atoms with E-state index < -0.39 is 0 Å². The Hall–Kier alpha value is -1.03. The molecule has 4 nitrogen and oxygen atoms in total. The summed E-state index contributed by atoms with van der Waals surface area (Å²) < 4.78 is 7.60. The normalized spacial score (nSPS) is 26.8. The number of aromatic nitrogens is 2. The van der Waals surface area contributed by atoms with Gasteiger partial charge in [-0.05, 0) is 26.2 Å². The van der Waals surface area contributed by atoms with Gasteiger partial charge in [-0.25, -0.2) is 4.68 Å². The summed E-state index contributed by atoms with van der Waals surface area (Å²) in [6, 6.07) is 0.414. The largest absolute Gasteiger partial charge is 0.384 e. The van der Waals surface area contributed by atoms with Crippen LogP contribution in [0, 0.1) is 6.92 Å². The highest BCUT2D eigenvalue weighted by Crippen LogP contribution is 2.28. The van der Waals surface area contributed by atoms with Crippen LogP contribution in [0.15, 0.2) is 6.20 Å². The lowest BCUT2D eigenvalue weighted by Gasteiger charge is -2.29. The van der Waals surface area contributed by atoms with E-state index in [2.05, 4.69) is 12.0 Å². The van der Waals surface area contributed by atoms with Crippen LogP contribution in [-0.4, -0.2) is 22.5 Å². The van der Waals surface area contributed by atoms with Crippen LogP contribution in [0.1, 0.15) is 37.8 Å². The topological polar surface area (TPSA) is 53.1 Å². The maximum absolute atomic E-state index is 5.98. The Labute approximate surface area is 90.4 Å². The van der Waals surface area contributed by atoms with Crippen molar-refractivity contribution in [1.29, 1.82) is 0 Å². The van der Waals surface area contributed by atoms with E-state index in [1.807, 2.05) is 17.8 Å². The molecular formula is C11H19N3O. The first kappa shape index (κ1) is 10.5. The van der Waals surface area contributed by atoms with Gasteiger partial charge in [0.2, 0.25) is 0 Å². The van der Waals surface area contributed by atoms with Crippen LogP contribution in [-0.2, 0) is 4.74 Å². The molecule has 2 rings (SSSR count). The van der Waals surface area contributed by atoms with Gasteiger partial charge in [0.05, 0.1) is 18.3 Å². The number of nitrogen functional groups attached to an aromatic ring is 1. The molecule has 2 unspecified atom stereocenters. The maximum Gasteiger partial charge on any atom is 0.124 e. The lowest BCUT2D eigenvalue weighted by atomic mass is 10.0. The number of anilines is 1. The summed E-state index contributed by atoms with van der Waals surface area (Å²) in [5.41, 5.74) is 7.04. The van der Waals surface area contributed by atoms with Gasteiger partial charge in [0, 0.05) is 12.2 Å². The van der Waals surface area contributed by atoms with Crippen molar-refractivity contribution in [2.45, 2.75) is 45.3 Å². The molecule has 15 heavy (non-hydrogen) atoms. The molecule has 1 aromatic rings. The van der Waals surface area contributed by atoms with Crippen molar-refractivity contribution in [1.82, 2.24) is 9.78 Å². The fourth-order valence-corrected chi connectivity index (χ4v) is 2.12. The number of aryl methyl sites for hydroxylation is 1. The molecule has 0 saturated carbocycles. The average molecular weight is 209 g/mol. The molecule has 1 aromatic heterocycles. The lowest BCUT2D eigenvalue weighted by molar-refractivity contribution is -0.00894. The van der Waals surface area contributed by atoms with Gasteiger partial charge in [-0.1, -0.05) is 6.92 Å². The fraction of sp³-hybridized carbons (Fsp3) is 0.727. The fourth-order valence-electron chi connectivity index (χ4n) is 2.12. The third-order valence-corrected chi connectivity index (χ3v) is 3.17. The van der Waals surface area contributed by atoms with Crippen molar-refractivity contribution in [3.8, 4) is 0 Å². The zero-order chi connectivity index (χ0) is 10.8. The third kappa shape index (κ3) is 2.00. The Bertz CT molecular complexity index is 335. The summed E-state index contributed by atoms with van der Waals surface area (Å²) in [6.45, 7) is 4.97. The zero-order valence-corrected chi connectivity index (χ0v) is 9.44. The van der Waals surface area contributed by atoms with Crippen LogP contribution >= 0.6 is 0 Å². The van der Waals surface area contributed by atoms with E-state index in [0.717, 1.165) is 37.3 Å². The summed E-state index contributed by atoms with van der Waals surface area (Å²) in [4.78, 5) is 0. The van der Waals surface area contributed by atoms with Crippen molar-refractivity contribution in [2.75, 3.05) is 12.3 Å². The molecule has 1 aliphatic rings. The van der Waals surface area contributed by atoms with Crippen LogP contribution in [0.2, 0.25) is 0 Å². The Kier molecular flexibility index (Phi) is 2.95. The molecule has 1 aliphatic heterocycles. The monoisotopic (exact) mass is 209 g/mol. The highest BCUT2D eigenvalue weighted by molar-refractivity contribution is 5.37. The van der Waals surface area contributed by atoms with Crippen molar-refractivity contribution < 1.29 is 4.74 Å². The van der Waals surface area contributed by atoms with Crippen LogP contribution in [0.4, 0.5) is 5.82 Å². The first-order valence-corrected chi connectivity index (χ1v) is 5.63. The Balaban J connectivity index is 2.13. The minimum Gasteiger partial charge on any atom is -0.384 e. The maximum atomic E-state index is 5.98. The highest BCUT2D eigenvalue weighted by atomic mass is 16.5. The van der Waals surface area contributed by atoms with Gasteiger partial charge in [-0.3, -0.25) is 0 Å². The van der Waals surface area contributed by atoms with Crippen molar-refractivity contribution in [3.05, 3.63) is 11.8 Å². The molecule has 84 valence electrons. The molecule has 0 spiro atoms. The molecule has 0 bridgehead atoms. The summed E-state index contributed by atoms with van der Waals surface area (Å²) in [5.74, 6) is 0.803. The Morgan fingerprint density at radius 1 is 1.67 bits per heavy atom. The molecule has 1 saturated heterocycles. The van der Waals surface area contributed by atoms with Gasteiger partial charge in [0.1, 0.15) is 5.82 Å². The predicted octanol–water partition coefficient (Wildman–Crippen LogP) is 1.90. The molecule has 2 N–H and O–H groups in total. The summed E-state index contributed by atoms with van der Waals surface area (Å²) in [6.07, 6.45) is 5.32. The summed E-state index contributed by atoms with van der Waals surface area (Å²) in [5, 5.41) is 4.34. The highest BCUT2D eigenvalue weighted by Gasteiger charge is 2.24. The smallest absolute Gasteiger partial charge is 0.124 e. The molecule has 4 heteroatoms. The number of nitrogens with two attached hydrogens (primary N) is 1. The molecule has 0 radical (unpaired) electrons. The number of ether oxygens (including phenoxy) is 1. The van der Waals surface area contributed by atoms with E-state index in [-0.39, 0.29) is 0 Å². The molecule has 1 fully saturated rings. The lowest BCUT2D eigenvalue weighted by Crippen LogP contribution is -2.28. The molecule has 0 amide bonds. The number of hydrogen-bond donors (Lipinski definition) is 1. The Morgan fingerprint density at radius 2 is 2.47 bits per heavy atom. The SMILES string of the molecule is CCC1CC(n2ncc(C)c2N)CCO1. The van der Waals surface area contributed by atoms with Crippen molar-refractivity contribution in [3.63, 3.8) is 0 Å². The van der Waals surface area contributed by atoms with E-state index in [1.54, 1.807) is 0 Å². The Morgan fingerprint density at radius 3 is 3.07 bits per heavy atom. The van der Waals surface area contributed by atoms with Gasteiger partial charge in [0.15, 0.2) is 0 Å². The van der Waals surface area contributed by atoms with Crippen LogP contribution < -0.4 is 5.73 Å². The summed E-state index contributed by atoms with van der Waals surface area (Å²) >= 11 is 0. The third-order valence-electron chi connectivity index (χ3n) is 3.17. The standard InChI is InChI=1S/C11H19N3O/c1-3-10-6-9(4-5-15-10)14-11(12)8(2)7-13-14/h7,9-10H,3-6,12H2,1-2H3. The van der Waals surface area contributed by atoms with E-state index >= 15 is 0 Å². The van der Waals surface area contributed by atoms with Crippen molar-refractivity contribution in [2.24, 2.45) is 0 Å². The molecule has 0 aromatic carbocycles. The van der Waals surface area contributed by atoms with Gasteiger partial charge in [-0.2, -0.15) is 5.10 Å². The first-order chi connectivity index (χ1) is 7.22. The van der Waals surface area contributed by atoms with E-state index in [9.17, 15) is 0 Å². The van der Waals surface area contributed by atoms with Gasteiger partial charge < -0.3 is 10.5 Å². The van der Waals surface area contributed by atoms with E-state index in [0.29, 0.717) is 12.1 Å². The molecule has 2 atom stereocenters. The van der Waals surface area contributed by atoms with Crippen LogP contribution in [0.3, 0.4) is 0 Å². The number of nitrogens with zero attached hydrogens (tertiary/aromatic N) is 2. The van der Waals surface area contributed by atoms with E-state index in [1.165, 1.54) is 0 Å². The van der Waals surface area contributed by atoms with Gasteiger partial charge in [-0.15, -0.1) is 0 Å². The number of rotatable bonds is 2. The molecule has 0 aliphatic carbocycles. The quantitative estimate of drug-likeness (QED) is 0.809. The number of hydrogen-bond acceptors (Lipinski definition) is 3. The van der Waals surface area contributed by atoms with E-state index in [4.69, 9.17) is 10.5 Å². The minimum absolute atomic E-state index is 0.368. The first-order valence-electron chi connectivity index (χ1n) is 5.63. The molecular weight excluding hydrogens is 190 g/mol. The van der Waals surface area contributed by atoms with Crippen LogP contribution in [0.25, 0.3) is 0 Å². The molecule has 2 heterocycles. The van der Waals surface area contributed by atoms with Gasteiger partial charge in [0.25, 0.3) is 0 Å². The second-order valence-corrected chi connectivity index (χ2v) is 4.24. The summed E-state index contributed by atoms with van der Waals surface area (Å²) in [7, 11) is 0. The second-order valence-electron chi connectivity index (χ2n) is 4.24. The van der Waals surface area contributed by atoms with Gasteiger partial charge >= 0.3 is 0 Å². The predicted molar refractivity (Wildman–Crippen MR) is 59.7 cm³/mol. The second kappa shape index (κ2) is 4.23. The van der Waals surface area contributed by atoms with Crippen molar-refractivity contribution >= 4 is 5.82 Å². The minimum atomic E-state index is 0.368. The zero-order valence-electron chi connectivity index (χ0n) is 9.44. The average Bonchev–Trinajstić information content (AvgIpc) is 2.60.